The molecule has 0 aromatic heterocycles. The second kappa shape index (κ2) is 4.94. The second-order valence-corrected chi connectivity index (χ2v) is 4.31. The lowest BCUT2D eigenvalue weighted by atomic mass is 10.2. The first-order valence-electron chi connectivity index (χ1n) is 5.21. The molecule has 0 spiro atoms. The van der Waals surface area contributed by atoms with Crippen LogP contribution in [0, 0.1) is 0 Å². The molecule has 0 aromatic carbocycles. The van der Waals surface area contributed by atoms with Crippen LogP contribution in [0.5, 0.6) is 0 Å². The van der Waals surface area contributed by atoms with E-state index < -0.39 is 0 Å². The van der Waals surface area contributed by atoms with Gasteiger partial charge in [0.25, 0.3) is 0 Å². The molecule has 1 aliphatic heterocycles. The van der Waals surface area contributed by atoms with E-state index in [1.54, 1.807) is 0 Å². The van der Waals surface area contributed by atoms with Gasteiger partial charge in [-0.1, -0.05) is 0 Å². The summed E-state index contributed by atoms with van der Waals surface area (Å²) < 4.78 is 0. The summed E-state index contributed by atoms with van der Waals surface area (Å²) in [5.41, 5.74) is 0. The number of likely N-dealkylation sites (N-methyl/N-ethyl adjacent to an activating group) is 1. The zero-order valence-corrected chi connectivity index (χ0v) is 8.95. The average Bonchev–Trinajstić information content (AvgIpc) is 2.30. The van der Waals surface area contributed by atoms with Crippen molar-refractivity contribution in [1.29, 1.82) is 0 Å². The van der Waals surface area contributed by atoms with Gasteiger partial charge in [0.2, 0.25) is 0 Å². The molecule has 78 valence electrons. The lowest BCUT2D eigenvalue weighted by molar-refractivity contribution is 0.182. The number of hydrogen-bond acceptors (Lipinski definition) is 3. The molecule has 1 saturated heterocycles. The summed E-state index contributed by atoms with van der Waals surface area (Å²) in [7, 11) is 2.17. The number of hydrogen-bond donors (Lipinski definition) is 2. The quantitative estimate of drug-likeness (QED) is 0.669. The first-order chi connectivity index (χ1) is 6.09. The Balaban J connectivity index is 2.10. The fourth-order valence-electron chi connectivity index (χ4n) is 1.84. The number of rotatable bonds is 4. The minimum atomic E-state index is -0.177. The van der Waals surface area contributed by atoms with E-state index in [0.717, 1.165) is 19.5 Å². The highest BCUT2D eigenvalue weighted by atomic mass is 16.3. The Morgan fingerprint density at radius 2 is 2.31 bits per heavy atom. The Morgan fingerprint density at radius 1 is 1.62 bits per heavy atom. The molecular weight excluding hydrogens is 164 g/mol. The molecule has 1 fully saturated rings. The smallest absolute Gasteiger partial charge is 0.0524 e. The number of nitrogens with zero attached hydrogens (tertiary/aromatic N) is 1. The fourth-order valence-corrected chi connectivity index (χ4v) is 1.84. The zero-order valence-electron chi connectivity index (χ0n) is 8.95. The summed E-state index contributed by atoms with van der Waals surface area (Å²) in [4.78, 5) is 2.38. The molecule has 0 bridgehead atoms. The van der Waals surface area contributed by atoms with Crippen LogP contribution in [0.25, 0.3) is 0 Å². The first-order valence-corrected chi connectivity index (χ1v) is 5.21. The minimum absolute atomic E-state index is 0.177. The molecule has 0 radical (unpaired) electrons. The molecule has 13 heavy (non-hydrogen) atoms. The number of likely N-dealkylation sites (tertiary alicyclic amines) is 1. The third-order valence-corrected chi connectivity index (χ3v) is 2.88. The Hall–Kier alpha value is -0.120. The van der Waals surface area contributed by atoms with Crippen molar-refractivity contribution in [2.24, 2.45) is 0 Å². The van der Waals surface area contributed by atoms with Crippen molar-refractivity contribution < 1.29 is 5.11 Å². The molecule has 0 amide bonds. The van der Waals surface area contributed by atoms with Crippen LogP contribution in [-0.4, -0.2) is 48.3 Å². The largest absolute Gasteiger partial charge is 0.393 e. The highest BCUT2D eigenvalue weighted by molar-refractivity contribution is 4.84. The van der Waals surface area contributed by atoms with Crippen molar-refractivity contribution in [2.45, 2.75) is 44.9 Å². The van der Waals surface area contributed by atoms with Crippen LogP contribution >= 0.6 is 0 Å². The summed E-state index contributed by atoms with van der Waals surface area (Å²) in [6.45, 7) is 6.17. The minimum Gasteiger partial charge on any atom is -0.393 e. The van der Waals surface area contributed by atoms with Crippen molar-refractivity contribution in [3.05, 3.63) is 0 Å². The number of nitrogens with one attached hydrogen (secondary N) is 1. The van der Waals surface area contributed by atoms with Gasteiger partial charge in [-0.15, -0.1) is 0 Å². The second-order valence-electron chi connectivity index (χ2n) is 4.31. The molecule has 3 nitrogen and oxygen atoms in total. The molecular formula is C10H22N2O. The molecule has 3 unspecified atom stereocenters. The molecule has 3 heteroatoms. The summed E-state index contributed by atoms with van der Waals surface area (Å²) in [6.07, 6.45) is 1.91. The van der Waals surface area contributed by atoms with E-state index >= 15 is 0 Å². The van der Waals surface area contributed by atoms with Gasteiger partial charge in [-0.25, -0.2) is 0 Å². The molecule has 1 aliphatic rings. The van der Waals surface area contributed by atoms with Crippen LogP contribution in [0.1, 0.15) is 26.7 Å². The summed E-state index contributed by atoms with van der Waals surface area (Å²) in [5, 5.41) is 12.6. The zero-order chi connectivity index (χ0) is 9.84. The maximum absolute atomic E-state index is 9.08. The van der Waals surface area contributed by atoms with Crippen LogP contribution in [0.4, 0.5) is 0 Å². The highest BCUT2D eigenvalue weighted by Crippen LogP contribution is 2.14. The Morgan fingerprint density at radius 3 is 2.77 bits per heavy atom. The van der Waals surface area contributed by atoms with Crippen molar-refractivity contribution in [2.75, 3.05) is 20.1 Å². The molecule has 0 aromatic rings. The molecule has 1 heterocycles. The maximum atomic E-state index is 9.08. The van der Waals surface area contributed by atoms with E-state index in [1.807, 2.05) is 6.92 Å². The highest BCUT2D eigenvalue weighted by Gasteiger charge is 2.25. The van der Waals surface area contributed by atoms with Gasteiger partial charge in [-0.05, 0) is 40.3 Å². The van der Waals surface area contributed by atoms with Crippen LogP contribution < -0.4 is 5.32 Å². The standard InChI is InChI=1S/C10H22N2O/c1-8-6-10(7-12(8)3)11-5-4-9(2)13/h8-11,13H,4-7H2,1-3H3. The third kappa shape index (κ3) is 3.63. The Kier molecular flexibility index (Phi) is 4.16. The van der Waals surface area contributed by atoms with Gasteiger partial charge in [0.1, 0.15) is 0 Å². The van der Waals surface area contributed by atoms with Gasteiger partial charge in [-0.2, -0.15) is 0 Å². The van der Waals surface area contributed by atoms with Gasteiger partial charge >= 0.3 is 0 Å². The number of aliphatic hydroxyl groups excluding tert-OH is 1. The van der Waals surface area contributed by atoms with E-state index in [9.17, 15) is 0 Å². The van der Waals surface area contributed by atoms with Crippen LogP contribution in [0.3, 0.4) is 0 Å². The summed E-state index contributed by atoms with van der Waals surface area (Å²) in [5.74, 6) is 0. The van der Waals surface area contributed by atoms with E-state index in [-0.39, 0.29) is 6.10 Å². The first kappa shape index (κ1) is 11.0. The SMILES string of the molecule is CC(O)CCNC1CC(C)N(C)C1. The van der Waals surface area contributed by atoms with Crippen molar-refractivity contribution in [3.63, 3.8) is 0 Å². The maximum Gasteiger partial charge on any atom is 0.0524 e. The molecule has 0 aliphatic carbocycles. The normalized spacial score (nSPS) is 32.3. The third-order valence-electron chi connectivity index (χ3n) is 2.88. The van der Waals surface area contributed by atoms with Gasteiger partial charge in [0, 0.05) is 18.6 Å². The van der Waals surface area contributed by atoms with Crippen LogP contribution in [-0.2, 0) is 0 Å². The fraction of sp³-hybridized carbons (Fsp3) is 1.00. The van der Waals surface area contributed by atoms with Gasteiger partial charge in [0.05, 0.1) is 6.10 Å². The van der Waals surface area contributed by atoms with E-state index in [2.05, 4.69) is 24.2 Å². The van der Waals surface area contributed by atoms with Crippen molar-refractivity contribution in [1.82, 2.24) is 10.2 Å². The Labute approximate surface area is 81.1 Å². The molecule has 0 saturated carbocycles. The molecule has 1 rings (SSSR count). The molecule has 2 N–H and O–H groups in total. The average molecular weight is 186 g/mol. The van der Waals surface area contributed by atoms with Crippen LogP contribution in [0.15, 0.2) is 0 Å². The monoisotopic (exact) mass is 186 g/mol. The van der Waals surface area contributed by atoms with Gasteiger partial charge in [-0.3, -0.25) is 0 Å². The van der Waals surface area contributed by atoms with Gasteiger partial charge in [0.15, 0.2) is 0 Å². The number of aliphatic hydroxyl groups is 1. The summed E-state index contributed by atoms with van der Waals surface area (Å²) in [6, 6.07) is 1.32. The Bertz CT molecular complexity index is 140. The molecule has 3 atom stereocenters. The van der Waals surface area contributed by atoms with Gasteiger partial charge < -0.3 is 15.3 Å². The summed E-state index contributed by atoms with van der Waals surface area (Å²) >= 11 is 0. The predicted molar refractivity (Wildman–Crippen MR) is 54.8 cm³/mol. The van der Waals surface area contributed by atoms with Crippen molar-refractivity contribution in [3.8, 4) is 0 Å². The van der Waals surface area contributed by atoms with E-state index in [0.29, 0.717) is 12.1 Å². The predicted octanol–water partition coefficient (Wildman–Crippen LogP) is 0.440. The lowest BCUT2D eigenvalue weighted by Gasteiger charge is -2.13. The van der Waals surface area contributed by atoms with E-state index in [1.165, 1.54) is 6.42 Å². The van der Waals surface area contributed by atoms with Crippen LogP contribution in [0.2, 0.25) is 0 Å². The topological polar surface area (TPSA) is 35.5 Å². The van der Waals surface area contributed by atoms with E-state index in [4.69, 9.17) is 5.11 Å². The van der Waals surface area contributed by atoms with Crippen molar-refractivity contribution >= 4 is 0 Å². The lowest BCUT2D eigenvalue weighted by Crippen LogP contribution is -2.33.